The van der Waals surface area contributed by atoms with Crippen LogP contribution in [0, 0.1) is 0 Å². The average Bonchev–Trinajstić information content (AvgIpc) is 2.62. The molecule has 0 aliphatic rings. The van der Waals surface area contributed by atoms with Gasteiger partial charge in [-0.3, -0.25) is 0 Å². The third-order valence-corrected chi connectivity index (χ3v) is 3.89. The predicted octanol–water partition coefficient (Wildman–Crippen LogP) is 2.84. The summed E-state index contributed by atoms with van der Waals surface area (Å²) in [6.45, 7) is 1.32. The lowest BCUT2D eigenvalue weighted by Gasteiger charge is -2.23. The van der Waals surface area contributed by atoms with Crippen molar-refractivity contribution in [3.63, 3.8) is 0 Å². The lowest BCUT2D eigenvalue weighted by atomic mass is 10.1. The monoisotopic (exact) mass is 341 g/mol. The quantitative estimate of drug-likeness (QED) is 0.776. The molecule has 134 valence electrons. The molecule has 0 spiro atoms. The number of hydrogen-bond acceptors (Lipinski definition) is 3. The summed E-state index contributed by atoms with van der Waals surface area (Å²) in [5.41, 5.74) is 2.23. The zero-order chi connectivity index (χ0) is 18.1. The Kier molecular flexibility index (Phi) is 7.29. The first-order valence-electron chi connectivity index (χ1n) is 8.45. The highest BCUT2D eigenvalue weighted by Gasteiger charge is 2.15. The maximum atomic E-state index is 12.3. The first kappa shape index (κ1) is 18.8. The molecule has 0 radical (unpaired) electrons. The topological polar surface area (TPSA) is 53.6 Å². The predicted molar refractivity (Wildman–Crippen MR) is 101 cm³/mol. The number of rotatable bonds is 8. The summed E-state index contributed by atoms with van der Waals surface area (Å²) in [5.74, 6) is 0.831. The van der Waals surface area contributed by atoms with Crippen molar-refractivity contribution in [3.8, 4) is 5.75 Å². The fourth-order valence-electron chi connectivity index (χ4n) is 2.64. The van der Waals surface area contributed by atoms with Crippen molar-refractivity contribution in [1.82, 2.24) is 15.5 Å². The second kappa shape index (κ2) is 9.69. The Labute approximate surface area is 150 Å². The highest BCUT2D eigenvalue weighted by atomic mass is 16.5. The van der Waals surface area contributed by atoms with Gasteiger partial charge in [0.1, 0.15) is 5.75 Å². The number of urea groups is 1. The minimum atomic E-state index is -0.154. The van der Waals surface area contributed by atoms with E-state index in [4.69, 9.17) is 4.74 Å². The van der Waals surface area contributed by atoms with Crippen LogP contribution in [0.4, 0.5) is 4.79 Å². The summed E-state index contributed by atoms with van der Waals surface area (Å²) in [4.78, 5) is 14.3. The highest BCUT2D eigenvalue weighted by Crippen LogP contribution is 2.14. The molecule has 2 aromatic carbocycles. The minimum absolute atomic E-state index is 0.0481. The number of amides is 2. The fraction of sp³-hybridized carbons (Fsp3) is 0.350. The summed E-state index contributed by atoms with van der Waals surface area (Å²) in [7, 11) is 5.65. The molecule has 1 atom stereocenters. The van der Waals surface area contributed by atoms with Crippen LogP contribution < -0.4 is 15.4 Å². The van der Waals surface area contributed by atoms with Gasteiger partial charge in [0, 0.05) is 13.1 Å². The molecule has 0 aliphatic carbocycles. The average molecular weight is 341 g/mol. The van der Waals surface area contributed by atoms with E-state index in [0.717, 1.165) is 29.8 Å². The van der Waals surface area contributed by atoms with Crippen LogP contribution in [-0.2, 0) is 6.42 Å². The Balaban J connectivity index is 1.86. The molecule has 0 heterocycles. The maximum absolute atomic E-state index is 12.3. The minimum Gasteiger partial charge on any atom is -0.497 e. The molecule has 0 aliphatic heterocycles. The van der Waals surface area contributed by atoms with E-state index < -0.39 is 0 Å². The summed E-state index contributed by atoms with van der Waals surface area (Å²) >= 11 is 0. The second-order valence-corrected chi connectivity index (χ2v) is 6.23. The van der Waals surface area contributed by atoms with Crippen molar-refractivity contribution in [1.29, 1.82) is 0 Å². The lowest BCUT2D eigenvalue weighted by molar-refractivity contribution is 0.233. The van der Waals surface area contributed by atoms with E-state index in [1.54, 1.807) is 7.11 Å². The van der Waals surface area contributed by atoms with E-state index in [0.29, 0.717) is 6.54 Å². The number of nitrogens with one attached hydrogen (secondary N) is 2. The Hall–Kier alpha value is -2.53. The van der Waals surface area contributed by atoms with Crippen molar-refractivity contribution < 1.29 is 9.53 Å². The molecule has 2 N–H and O–H groups in total. The largest absolute Gasteiger partial charge is 0.497 e. The summed E-state index contributed by atoms with van der Waals surface area (Å²) < 4.78 is 5.22. The Bertz CT molecular complexity index is 659. The molecule has 25 heavy (non-hydrogen) atoms. The van der Waals surface area contributed by atoms with E-state index in [2.05, 4.69) is 15.5 Å². The van der Waals surface area contributed by atoms with Gasteiger partial charge in [-0.1, -0.05) is 42.5 Å². The number of benzene rings is 2. The Morgan fingerprint density at radius 1 is 1.12 bits per heavy atom. The number of carbonyl (C=O) groups is 1. The van der Waals surface area contributed by atoms with E-state index >= 15 is 0 Å². The van der Waals surface area contributed by atoms with Crippen LogP contribution in [0.25, 0.3) is 0 Å². The van der Waals surface area contributed by atoms with Crippen LogP contribution in [0.2, 0.25) is 0 Å². The molecule has 2 amide bonds. The summed E-state index contributed by atoms with van der Waals surface area (Å²) in [6.07, 6.45) is 0.758. The zero-order valence-electron chi connectivity index (χ0n) is 15.2. The first-order chi connectivity index (χ1) is 12.1. The molecule has 2 rings (SSSR count). The van der Waals surface area contributed by atoms with Gasteiger partial charge in [-0.2, -0.15) is 0 Å². The van der Waals surface area contributed by atoms with Crippen LogP contribution in [0.15, 0.2) is 54.6 Å². The zero-order valence-corrected chi connectivity index (χ0v) is 15.2. The number of methoxy groups -OCH3 is 1. The number of ether oxygens (including phenoxy) is 1. The van der Waals surface area contributed by atoms with Gasteiger partial charge in [-0.25, -0.2) is 4.79 Å². The van der Waals surface area contributed by atoms with E-state index in [-0.39, 0.29) is 12.1 Å². The second-order valence-electron chi connectivity index (χ2n) is 6.23. The molecule has 5 nitrogen and oxygen atoms in total. The summed E-state index contributed by atoms with van der Waals surface area (Å²) in [5, 5.41) is 5.99. The molecule has 5 heteroatoms. The van der Waals surface area contributed by atoms with Crippen molar-refractivity contribution in [2.75, 3.05) is 34.3 Å². The number of carbonyl (C=O) groups excluding carboxylic acids is 1. The summed E-state index contributed by atoms with van der Waals surface area (Å²) in [6, 6.07) is 17.7. The number of hydrogen-bond donors (Lipinski definition) is 2. The van der Waals surface area contributed by atoms with Gasteiger partial charge in [0.2, 0.25) is 0 Å². The number of nitrogens with zero attached hydrogens (tertiary/aromatic N) is 1. The molecule has 0 saturated carbocycles. The lowest BCUT2D eigenvalue weighted by Crippen LogP contribution is -2.42. The molecule has 0 aromatic heterocycles. The molecule has 0 bridgehead atoms. The van der Waals surface area contributed by atoms with Crippen molar-refractivity contribution >= 4 is 6.03 Å². The third-order valence-electron chi connectivity index (χ3n) is 3.89. The van der Waals surface area contributed by atoms with E-state index in [1.165, 1.54) is 0 Å². The normalized spacial score (nSPS) is 11.8. The van der Waals surface area contributed by atoms with Crippen LogP contribution in [-0.4, -0.2) is 45.2 Å². The Morgan fingerprint density at radius 2 is 1.88 bits per heavy atom. The van der Waals surface area contributed by atoms with Gasteiger partial charge in [0.25, 0.3) is 0 Å². The van der Waals surface area contributed by atoms with Gasteiger partial charge in [0.15, 0.2) is 0 Å². The molecule has 0 saturated heterocycles. The van der Waals surface area contributed by atoms with Crippen molar-refractivity contribution in [2.24, 2.45) is 0 Å². The molecule has 0 fully saturated rings. The van der Waals surface area contributed by atoms with Gasteiger partial charge in [-0.15, -0.1) is 0 Å². The third kappa shape index (κ3) is 6.47. The van der Waals surface area contributed by atoms with E-state index in [9.17, 15) is 4.79 Å². The van der Waals surface area contributed by atoms with Crippen molar-refractivity contribution in [2.45, 2.75) is 12.5 Å². The van der Waals surface area contributed by atoms with Crippen LogP contribution in [0.1, 0.15) is 17.2 Å². The van der Waals surface area contributed by atoms with Crippen LogP contribution in [0.5, 0.6) is 5.75 Å². The fourth-order valence-corrected chi connectivity index (χ4v) is 2.64. The maximum Gasteiger partial charge on any atom is 0.315 e. The molecule has 2 aromatic rings. The number of likely N-dealkylation sites (N-methyl/N-ethyl adjacent to an activating group) is 1. The smallest absolute Gasteiger partial charge is 0.315 e. The molecule has 1 unspecified atom stereocenters. The molecular weight excluding hydrogens is 314 g/mol. The van der Waals surface area contributed by atoms with Gasteiger partial charge >= 0.3 is 6.03 Å². The van der Waals surface area contributed by atoms with Crippen molar-refractivity contribution in [3.05, 3.63) is 65.7 Å². The van der Waals surface area contributed by atoms with Gasteiger partial charge in [0.05, 0.1) is 13.2 Å². The SMILES string of the molecule is COc1cccc(CCNC(=O)NC(CN(C)C)c2ccccc2)c1. The van der Waals surface area contributed by atoms with Crippen LogP contribution >= 0.6 is 0 Å². The van der Waals surface area contributed by atoms with Gasteiger partial charge in [-0.05, 0) is 43.8 Å². The Morgan fingerprint density at radius 3 is 2.56 bits per heavy atom. The van der Waals surface area contributed by atoms with Crippen LogP contribution in [0.3, 0.4) is 0 Å². The van der Waals surface area contributed by atoms with E-state index in [1.807, 2.05) is 68.7 Å². The standard InChI is InChI=1S/C20H27N3O2/c1-23(2)15-19(17-9-5-4-6-10-17)22-20(24)21-13-12-16-8-7-11-18(14-16)25-3/h4-11,14,19H,12-13,15H2,1-3H3,(H2,21,22,24). The first-order valence-corrected chi connectivity index (χ1v) is 8.45. The van der Waals surface area contributed by atoms with Gasteiger partial charge < -0.3 is 20.3 Å². The molecular formula is C20H27N3O2. The highest BCUT2D eigenvalue weighted by molar-refractivity contribution is 5.74.